The van der Waals surface area contributed by atoms with Crippen molar-refractivity contribution < 1.29 is 18.7 Å². The summed E-state index contributed by atoms with van der Waals surface area (Å²) >= 11 is 1.65. The van der Waals surface area contributed by atoms with Crippen LogP contribution in [0.15, 0.2) is 75.8 Å². The Hall–Kier alpha value is -3.38. The van der Waals surface area contributed by atoms with Gasteiger partial charge in [-0.05, 0) is 65.1 Å². The summed E-state index contributed by atoms with van der Waals surface area (Å²) in [6.45, 7) is 5.45. The average molecular weight is 450 g/mol. The maximum atomic E-state index is 12.2. The molecule has 1 N–H and O–H groups in total. The number of Topliss-reactive ketones (excluding diaryl/α,β-unsaturated/α-hetero) is 1. The zero-order valence-corrected chi connectivity index (χ0v) is 19.3. The van der Waals surface area contributed by atoms with Crippen molar-refractivity contribution >= 4 is 34.2 Å². The molecule has 32 heavy (non-hydrogen) atoms. The summed E-state index contributed by atoms with van der Waals surface area (Å²) in [6, 6.07) is 18.8. The van der Waals surface area contributed by atoms with Crippen LogP contribution in [0.4, 0.5) is 4.79 Å². The normalized spacial score (nSPS) is 11.3. The van der Waals surface area contributed by atoms with Crippen LogP contribution in [0.2, 0.25) is 0 Å². The molecule has 2 aromatic heterocycles. The Bertz CT molecular complexity index is 1150. The van der Waals surface area contributed by atoms with E-state index in [2.05, 4.69) is 22.8 Å². The maximum absolute atomic E-state index is 12.2. The summed E-state index contributed by atoms with van der Waals surface area (Å²) in [5, 5.41) is 7.73. The molecule has 0 saturated carbocycles. The number of thiophene rings is 1. The molecule has 2 heterocycles. The van der Waals surface area contributed by atoms with Crippen LogP contribution in [0.5, 0.6) is 0 Å². The number of amides is 1. The van der Waals surface area contributed by atoms with E-state index in [0.29, 0.717) is 12.2 Å². The second kappa shape index (κ2) is 11.3. The second-order valence-electron chi connectivity index (χ2n) is 7.05. The molecule has 0 saturated heterocycles. The van der Waals surface area contributed by atoms with Gasteiger partial charge >= 0.3 is 6.09 Å². The second-order valence-corrected chi connectivity index (χ2v) is 7.83. The average Bonchev–Trinajstić information content (AvgIpc) is 3.48. The van der Waals surface area contributed by atoms with Gasteiger partial charge in [-0.25, -0.2) is 4.79 Å². The van der Waals surface area contributed by atoms with Gasteiger partial charge in [0, 0.05) is 5.39 Å². The standard InChI is InChI=1S/C24H21NO4S.C2H6/c1-16(26)22(11-17-5-3-2-4-6-17)25-24(27)28-14-21-13-20-12-18(7-8-23(20)29-21)19-9-10-30-15-19;1-2/h2-10,12-13,15,22H,11,14H2,1H3,(H,25,27);1-2H3. The number of ether oxygens (including phenoxy) is 1. The molecule has 0 fully saturated rings. The van der Waals surface area contributed by atoms with Gasteiger partial charge < -0.3 is 14.5 Å². The number of alkyl carbamates (subject to hydrolysis) is 1. The van der Waals surface area contributed by atoms with Crippen LogP contribution in [0.1, 0.15) is 32.1 Å². The van der Waals surface area contributed by atoms with Crippen LogP contribution in [0, 0.1) is 0 Å². The van der Waals surface area contributed by atoms with Crippen LogP contribution in [-0.4, -0.2) is 17.9 Å². The Kier molecular flexibility index (Phi) is 8.22. The van der Waals surface area contributed by atoms with E-state index < -0.39 is 12.1 Å². The highest BCUT2D eigenvalue weighted by molar-refractivity contribution is 7.08. The molecule has 0 aliphatic heterocycles. The Morgan fingerprint density at radius 2 is 1.81 bits per heavy atom. The number of carbonyl (C=O) groups is 2. The molecule has 1 unspecified atom stereocenters. The quantitative estimate of drug-likeness (QED) is 0.344. The fraction of sp³-hybridized carbons (Fsp3) is 0.231. The van der Waals surface area contributed by atoms with E-state index in [1.54, 1.807) is 11.3 Å². The Labute approximate surface area is 192 Å². The third kappa shape index (κ3) is 6.08. The molecule has 0 radical (unpaired) electrons. The lowest BCUT2D eigenvalue weighted by Gasteiger charge is -2.15. The summed E-state index contributed by atoms with van der Waals surface area (Å²) < 4.78 is 11.1. The zero-order chi connectivity index (χ0) is 22.9. The van der Waals surface area contributed by atoms with Gasteiger partial charge in [-0.2, -0.15) is 11.3 Å². The predicted octanol–water partition coefficient (Wildman–Crippen LogP) is 6.61. The van der Waals surface area contributed by atoms with Gasteiger partial charge in [0.25, 0.3) is 0 Å². The number of fused-ring (bicyclic) bond motifs is 1. The predicted molar refractivity (Wildman–Crippen MR) is 129 cm³/mol. The van der Waals surface area contributed by atoms with Crippen molar-refractivity contribution in [2.24, 2.45) is 0 Å². The van der Waals surface area contributed by atoms with Crippen LogP contribution in [0.25, 0.3) is 22.1 Å². The Morgan fingerprint density at radius 3 is 2.50 bits per heavy atom. The fourth-order valence-electron chi connectivity index (χ4n) is 3.24. The zero-order valence-electron chi connectivity index (χ0n) is 18.5. The number of carbonyl (C=O) groups excluding carboxylic acids is 2. The molecule has 1 atom stereocenters. The third-order valence-electron chi connectivity index (χ3n) is 4.83. The minimum Gasteiger partial charge on any atom is -0.457 e. The van der Waals surface area contributed by atoms with Crippen LogP contribution in [-0.2, 0) is 22.6 Å². The van der Waals surface area contributed by atoms with Gasteiger partial charge in [0.15, 0.2) is 12.4 Å². The van der Waals surface area contributed by atoms with Gasteiger partial charge in [-0.15, -0.1) is 0 Å². The summed E-state index contributed by atoms with van der Waals surface area (Å²) in [4.78, 5) is 24.1. The summed E-state index contributed by atoms with van der Waals surface area (Å²) in [5.41, 5.74) is 3.98. The molecule has 2 aromatic carbocycles. The van der Waals surface area contributed by atoms with Crippen molar-refractivity contribution in [3.8, 4) is 11.1 Å². The molecule has 0 bridgehead atoms. The van der Waals surface area contributed by atoms with E-state index in [1.807, 2.05) is 67.8 Å². The van der Waals surface area contributed by atoms with E-state index >= 15 is 0 Å². The Morgan fingerprint density at radius 1 is 1.03 bits per heavy atom. The van der Waals surface area contributed by atoms with Gasteiger partial charge in [0.2, 0.25) is 0 Å². The van der Waals surface area contributed by atoms with Crippen molar-refractivity contribution in [3.05, 3.63) is 82.7 Å². The smallest absolute Gasteiger partial charge is 0.408 e. The first-order valence-corrected chi connectivity index (χ1v) is 11.6. The molecular weight excluding hydrogens is 422 g/mol. The van der Waals surface area contributed by atoms with Crippen molar-refractivity contribution in [1.29, 1.82) is 0 Å². The lowest BCUT2D eigenvalue weighted by molar-refractivity contribution is -0.118. The van der Waals surface area contributed by atoms with Crippen LogP contribution < -0.4 is 5.32 Å². The molecule has 4 rings (SSSR count). The SMILES string of the molecule is CC.CC(=O)C(Cc1ccccc1)NC(=O)OCc1cc2cc(-c3ccsc3)ccc2o1. The third-order valence-corrected chi connectivity index (χ3v) is 5.52. The summed E-state index contributed by atoms with van der Waals surface area (Å²) in [6.07, 6.45) is -0.230. The number of hydrogen-bond acceptors (Lipinski definition) is 5. The number of furan rings is 1. The maximum Gasteiger partial charge on any atom is 0.408 e. The van der Waals surface area contributed by atoms with E-state index in [1.165, 1.54) is 6.92 Å². The highest BCUT2D eigenvalue weighted by Crippen LogP contribution is 2.28. The monoisotopic (exact) mass is 449 g/mol. The molecule has 166 valence electrons. The van der Waals surface area contributed by atoms with Crippen molar-refractivity contribution in [2.75, 3.05) is 0 Å². The lowest BCUT2D eigenvalue weighted by atomic mass is 10.0. The molecule has 5 nitrogen and oxygen atoms in total. The lowest BCUT2D eigenvalue weighted by Crippen LogP contribution is -2.41. The van der Waals surface area contributed by atoms with Crippen LogP contribution >= 0.6 is 11.3 Å². The molecular formula is C26H27NO4S. The Balaban J connectivity index is 0.00000141. The van der Waals surface area contributed by atoms with E-state index in [0.717, 1.165) is 27.7 Å². The topological polar surface area (TPSA) is 68.5 Å². The molecule has 6 heteroatoms. The number of hydrogen-bond donors (Lipinski definition) is 1. The molecule has 0 aliphatic rings. The number of benzene rings is 2. The van der Waals surface area contributed by atoms with Crippen molar-refractivity contribution in [1.82, 2.24) is 5.32 Å². The minimum absolute atomic E-state index is 0.00966. The van der Waals surface area contributed by atoms with E-state index in [4.69, 9.17) is 9.15 Å². The molecule has 0 aliphatic carbocycles. The largest absolute Gasteiger partial charge is 0.457 e. The molecule has 1 amide bonds. The minimum atomic E-state index is -0.648. The highest BCUT2D eigenvalue weighted by atomic mass is 32.1. The number of rotatable bonds is 7. The fourth-order valence-corrected chi connectivity index (χ4v) is 3.91. The van der Waals surface area contributed by atoms with Gasteiger partial charge in [-0.1, -0.05) is 50.2 Å². The van der Waals surface area contributed by atoms with Gasteiger partial charge in [0.05, 0.1) is 6.04 Å². The first-order valence-electron chi connectivity index (χ1n) is 10.6. The summed E-state index contributed by atoms with van der Waals surface area (Å²) in [7, 11) is 0. The highest BCUT2D eigenvalue weighted by Gasteiger charge is 2.19. The van der Waals surface area contributed by atoms with Crippen LogP contribution in [0.3, 0.4) is 0 Å². The first-order chi connectivity index (χ1) is 15.6. The molecule has 0 spiro atoms. The van der Waals surface area contributed by atoms with Gasteiger partial charge in [-0.3, -0.25) is 4.79 Å². The molecule has 4 aromatic rings. The first kappa shape index (κ1) is 23.3. The van der Waals surface area contributed by atoms with Crippen molar-refractivity contribution in [2.45, 2.75) is 39.8 Å². The van der Waals surface area contributed by atoms with E-state index in [9.17, 15) is 9.59 Å². The van der Waals surface area contributed by atoms with Crippen molar-refractivity contribution in [3.63, 3.8) is 0 Å². The van der Waals surface area contributed by atoms with E-state index in [-0.39, 0.29) is 12.4 Å². The summed E-state index contributed by atoms with van der Waals surface area (Å²) in [5.74, 6) is 0.422. The number of ketones is 1. The van der Waals surface area contributed by atoms with Gasteiger partial charge in [0.1, 0.15) is 11.3 Å². The number of nitrogens with one attached hydrogen (secondary N) is 1.